The van der Waals surface area contributed by atoms with Gasteiger partial charge in [0.2, 0.25) is 5.91 Å². The van der Waals surface area contributed by atoms with Gasteiger partial charge in [-0.2, -0.15) is 5.10 Å². The Morgan fingerprint density at radius 3 is 2.95 bits per heavy atom. The molecule has 6 nitrogen and oxygen atoms in total. The van der Waals surface area contributed by atoms with Crippen LogP contribution >= 0.6 is 0 Å². The second-order valence-electron chi connectivity index (χ2n) is 4.70. The fourth-order valence-corrected chi connectivity index (χ4v) is 2.18. The predicted molar refractivity (Wildman–Crippen MR) is 70.8 cm³/mol. The first-order chi connectivity index (χ1) is 9.13. The quantitative estimate of drug-likeness (QED) is 0.830. The Bertz CT molecular complexity index is 471. The van der Waals surface area contributed by atoms with Crippen molar-refractivity contribution >= 4 is 11.8 Å². The van der Waals surface area contributed by atoms with E-state index < -0.39 is 0 Å². The third-order valence-corrected chi connectivity index (χ3v) is 3.33. The van der Waals surface area contributed by atoms with Gasteiger partial charge in [-0.3, -0.25) is 14.3 Å². The molecule has 0 aliphatic carbocycles. The fourth-order valence-electron chi connectivity index (χ4n) is 2.18. The topological polar surface area (TPSA) is 76.0 Å². The first-order valence-corrected chi connectivity index (χ1v) is 6.78. The molecule has 1 aliphatic rings. The van der Waals surface area contributed by atoms with Crippen LogP contribution in [0.2, 0.25) is 0 Å². The third-order valence-electron chi connectivity index (χ3n) is 3.33. The first-order valence-electron chi connectivity index (χ1n) is 6.78. The molecule has 0 spiro atoms. The van der Waals surface area contributed by atoms with E-state index >= 15 is 0 Å². The van der Waals surface area contributed by atoms with Crippen LogP contribution in [-0.4, -0.2) is 34.2 Å². The van der Waals surface area contributed by atoms with Crippen LogP contribution in [0.3, 0.4) is 0 Å². The molecule has 1 aromatic heterocycles. The van der Waals surface area contributed by atoms with Gasteiger partial charge in [-0.15, -0.1) is 0 Å². The Morgan fingerprint density at radius 2 is 2.37 bits per heavy atom. The number of amides is 2. The average molecular weight is 264 g/mol. The summed E-state index contributed by atoms with van der Waals surface area (Å²) in [7, 11) is 0. The summed E-state index contributed by atoms with van der Waals surface area (Å²) in [5, 5.41) is 10.1. The molecule has 6 heteroatoms. The van der Waals surface area contributed by atoms with Crippen LogP contribution in [-0.2, 0) is 17.8 Å². The van der Waals surface area contributed by atoms with Gasteiger partial charge in [-0.25, -0.2) is 0 Å². The zero-order valence-corrected chi connectivity index (χ0v) is 11.4. The lowest BCUT2D eigenvalue weighted by Crippen LogP contribution is -2.48. The molecule has 104 valence electrons. The SMILES string of the molecule is CCc1cc(C(=O)NC2CCC(=O)NC2)n(CC)n1. The molecule has 0 aromatic carbocycles. The number of rotatable bonds is 4. The molecule has 0 bridgehead atoms. The van der Waals surface area contributed by atoms with Crippen LogP contribution in [0.25, 0.3) is 0 Å². The van der Waals surface area contributed by atoms with Crippen molar-refractivity contribution in [1.82, 2.24) is 20.4 Å². The monoisotopic (exact) mass is 264 g/mol. The maximum Gasteiger partial charge on any atom is 0.269 e. The highest BCUT2D eigenvalue weighted by atomic mass is 16.2. The number of aromatic nitrogens is 2. The van der Waals surface area contributed by atoms with Crippen LogP contribution in [0.4, 0.5) is 0 Å². The highest BCUT2D eigenvalue weighted by molar-refractivity contribution is 5.93. The van der Waals surface area contributed by atoms with Gasteiger partial charge in [0.25, 0.3) is 5.91 Å². The molecular formula is C13H20N4O2. The maximum atomic E-state index is 12.2. The van der Waals surface area contributed by atoms with E-state index in [1.165, 1.54) is 0 Å². The van der Waals surface area contributed by atoms with E-state index in [9.17, 15) is 9.59 Å². The molecule has 1 atom stereocenters. The molecule has 1 aliphatic heterocycles. The summed E-state index contributed by atoms with van der Waals surface area (Å²) < 4.78 is 1.72. The molecular weight excluding hydrogens is 244 g/mol. The van der Waals surface area contributed by atoms with Crippen LogP contribution in [0.5, 0.6) is 0 Å². The second-order valence-corrected chi connectivity index (χ2v) is 4.70. The van der Waals surface area contributed by atoms with Crippen molar-refractivity contribution in [3.8, 4) is 0 Å². The largest absolute Gasteiger partial charge is 0.354 e. The fraction of sp³-hybridized carbons (Fsp3) is 0.615. The van der Waals surface area contributed by atoms with Gasteiger partial charge in [0.15, 0.2) is 0 Å². The van der Waals surface area contributed by atoms with Crippen LogP contribution in [0.15, 0.2) is 6.07 Å². The summed E-state index contributed by atoms with van der Waals surface area (Å²) >= 11 is 0. The lowest BCUT2D eigenvalue weighted by Gasteiger charge is -2.23. The average Bonchev–Trinajstić information content (AvgIpc) is 2.85. The summed E-state index contributed by atoms with van der Waals surface area (Å²) in [6.45, 7) is 5.15. The Kier molecular flexibility index (Phi) is 4.19. The molecule has 0 radical (unpaired) electrons. The van der Waals surface area contributed by atoms with Crippen LogP contribution in [0.1, 0.15) is 42.9 Å². The Hall–Kier alpha value is -1.85. The van der Waals surface area contributed by atoms with E-state index in [-0.39, 0.29) is 17.9 Å². The van der Waals surface area contributed by atoms with Crippen molar-refractivity contribution < 1.29 is 9.59 Å². The van der Waals surface area contributed by atoms with Gasteiger partial charge in [-0.1, -0.05) is 6.92 Å². The molecule has 1 fully saturated rings. The smallest absolute Gasteiger partial charge is 0.269 e. The van der Waals surface area contributed by atoms with E-state index in [4.69, 9.17) is 0 Å². The lowest BCUT2D eigenvalue weighted by molar-refractivity contribution is -0.122. The number of carbonyl (C=O) groups is 2. The van der Waals surface area contributed by atoms with Crippen LogP contribution in [0, 0.1) is 0 Å². The molecule has 2 N–H and O–H groups in total. The van der Waals surface area contributed by atoms with Crippen molar-refractivity contribution in [3.05, 3.63) is 17.5 Å². The first kappa shape index (κ1) is 13.6. The third kappa shape index (κ3) is 3.13. The Morgan fingerprint density at radius 1 is 1.58 bits per heavy atom. The van der Waals surface area contributed by atoms with Crippen molar-refractivity contribution in [1.29, 1.82) is 0 Å². The summed E-state index contributed by atoms with van der Waals surface area (Å²) in [5.74, 6) is -0.0624. The van der Waals surface area contributed by atoms with Crippen molar-refractivity contribution in [2.45, 2.75) is 45.7 Å². The van der Waals surface area contributed by atoms with E-state index in [2.05, 4.69) is 15.7 Å². The standard InChI is InChI=1S/C13H20N4O2/c1-3-9-7-11(17(4-2)16-9)13(19)15-10-5-6-12(18)14-8-10/h7,10H,3-6,8H2,1-2H3,(H,14,18)(H,15,19). The molecule has 19 heavy (non-hydrogen) atoms. The summed E-state index contributed by atoms with van der Waals surface area (Å²) in [5.41, 5.74) is 1.51. The summed E-state index contributed by atoms with van der Waals surface area (Å²) in [4.78, 5) is 23.3. The number of nitrogens with one attached hydrogen (secondary N) is 2. The zero-order chi connectivity index (χ0) is 13.8. The molecule has 1 aromatic rings. The van der Waals surface area contributed by atoms with E-state index in [1.54, 1.807) is 4.68 Å². The lowest BCUT2D eigenvalue weighted by atomic mass is 10.1. The summed E-state index contributed by atoms with van der Waals surface area (Å²) in [6, 6.07) is 1.84. The van der Waals surface area contributed by atoms with E-state index in [1.807, 2.05) is 19.9 Å². The van der Waals surface area contributed by atoms with Gasteiger partial charge in [0.1, 0.15) is 5.69 Å². The van der Waals surface area contributed by atoms with Crippen molar-refractivity contribution in [3.63, 3.8) is 0 Å². The number of carbonyl (C=O) groups excluding carboxylic acids is 2. The molecule has 1 unspecified atom stereocenters. The molecule has 1 saturated heterocycles. The molecule has 2 amide bonds. The molecule has 2 heterocycles. The number of hydrogen-bond donors (Lipinski definition) is 2. The highest BCUT2D eigenvalue weighted by Gasteiger charge is 2.22. The number of aryl methyl sites for hydroxylation is 2. The minimum atomic E-state index is -0.116. The highest BCUT2D eigenvalue weighted by Crippen LogP contribution is 2.08. The Labute approximate surface area is 112 Å². The minimum absolute atomic E-state index is 0.00971. The summed E-state index contributed by atoms with van der Waals surface area (Å²) in [6.07, 6.45) is 1.98. The van der Waals surface area contributed by atoms with Gasteiger partial charge in [0.05, 0.1) is 5.69 Å². The maximum absolute atomic E-state index is 12.2. The minimum Gasteiger partial charge on any atom is -0.354 e. The van der Waals surface area contributed by atoms with Crippen LogP contribution < -0.4 is 10.6 Å². The second kappa shape index (κ2) is 5.86. The molecule has 2 rings (SSSR count). The van der Waals surface area contributed by atoms with Gasteiger partial charge in [-0.05, 0) is 25.8 Å². The van der Waals surface area contributed by atoms with Gasteiger partial charge < -0.3 is 10.6 Å². The van der Waals surface area contributed by atoms with Crippen molar-refractivity contribution in [2.75, 3.05) is 6.54 Å². The van der Waals surface area contributed by atoms with E-state index in [0.29, 0.717) is 31.6 Å². The van der Waals surface area contributed by atoms with E-state index in [0.717, 1.165) is 12.1 Å². The number of nitrogens with zero attached hydrogens (tertiary/aromatic N) is 2. The molecule has 0 saturated carbocycles. The predicted octanol–water partition coefficient (Wildman–Crippen LogP) is 0.474. The normalized spacial score (nSPS) is 19.1. The zero-order valence-electron chi connectivity index (χ0n) is 11.4. The number of piperidine rings is 1. The van der Waals surface area contributed by atoms with Gasteiger partial charge in [0, 0.05) is 25.6 Å². The number of hydrogen-bond acceptors (Lipinski definition) is 3. The van der Waals surface area contributed by atoms with Crippen molar-refractivity contribution in [2.24, 2.45) is 0 Å². The van der Waals surface area contributed by atoms with Gasteiger partial charge >= 0.3 is 0 Å². The Balaban J connectivity index is 2.03.